The molecule has 3 N–H and O–H groups in total. The van der Waals surface area contributed by atoms with Crippen molar-refractivity contribution >= 4 is 39.5 Å². The van der Waals surface area contributed by atoms with Gasteiger partial charge in [0.1, 0.15) is 19.3 Å². The molecule has 6 atom stereocenters. The van der Waals surface area contributed by atoms with Crippen LogP contribution in [-0.2, 0) is 65.4 Å². The summed E-state index contributed by atoms with van der Waals surface area (Å²) in [5.74, 6) is -0.463. The summed E-state index contributed by atoms with van der Waals surface area (Å²) in [7, 11) is -9.91. The Morgan fingerprint density at radius 1 is 0.299 bits per heavy atom. The van der Waals surface area contributed by atoms with Crippen LogP contribution in [-0.4, -0.2) is 96.7 Å². The smallest absolute Gasteiger partial charge is 0.462 e. The van der Waals surface area contributed by atoms with Gasteiger partial charge in [-0.3, -0.25) is 37.3 Å². The Morgan fingerprint density at radius 2 is 0.526 bits per heavy atom. The number of unbranched alkanes of at least 4 members (excludes halogenated alkanes) is 46. The highest BCUT2D eigenvalue weighted by Crippen LogP contribution is 2.45. The summed E-state index contributed by atoms with van der Waals surface area (Å²) >= 11 is 0. The first-order valence-electron chi connectivity index (χ1n) is 40.5. The molecule has 0 radical (unpaired) electrons. The van der Waals surface area contributed by atoms with Crippen molar-refractivity contribution in [1.29, 1.82) is 0 Å². The number of phosphoric acid groups is 2. The predicted octanol–water partition coefficient (Wildman–Crippen LogP) is 23.1. The van der Waals surface area contributed by atoms with Crippen LogP contribution in [0.25, 0.3) is 0 Å². The Morgan fingerprint density at radius 3 is 0.784 bits per heavy atom. The van der Waals surface area contributed by atoms with Crippen LogP contribution in [0.5, 0.6) is 0 Å². The Kier molecular flexibility index (Phi) is 68.4. The van der Waals surface area contributed by atoms with Crippen molar-refractivity contribution in [2.75, 3.05) is 39.6 Å². The molecule has 0 aliphatic rings. The number of phosphoric ester groups is 2. The van der Waals surface area contributed by atoms with Gasteiger partial charge in [-0.25, -0.2) is 9.13 Å². The molecule has 17 nitrogen and oxygen atoms in total. The number of aliphatic hydroxyl groups is 1. The molecule has 0 spiro atoms. The van der Waals surface area contributed by atoms with Gasteiger partial charge in [-0.05, 0) is 37.5 Å². The van der Waals surface area contributed by atoms with E-state index in [9.17, 15) is 43.2 Å². The van der Waals surface area contributed by atoms with E-state index in [1.54, 1.807) is 0 Å². The maximum absolute atomic E-state index is 13.1. The summed E-state index contributed by atoms with van der Waals surface area (Å²) in [5, 5.41) is 10.6. The number of rotatable bonds is 77. The van der Waals surface area contributed by atoms with Crippen LogP contribution < -0.4 is 0 Å². The summed E-state index contributed by atoms with van der Waals surface area (Å²) < 4.78 is 68.5. The van der Waals surface area contributed by atoms with Crippen LogP contribution in [0.2, 0.25) is 0 Å². The number of carbonyl (C=O) groups is 4. The summed E-state index contributed by atoms with van der Waals surface area (Å²) in [4.78, 5) is 72.8. The first-order valence-corrected chi connectivity index (χ1v) is 43.5. The molecule has 0 bridgehead atoms. The van der Waals surface area contributed by atoms with Gasteiger partial charge in [0.25, 0.3) is 0 Å². The lowest BCUT2D eigenvalue weighted by molar-refractivity contribution is -0.161. The van der Waals surface area contributed by atoms with Crippen molar-refractivity contribution in [3.63, 3.8) is 0 Å². The van der Waals surface area contributed by atoms with Crippen molar-refractivity contribution in [2.24, 2.45) is 11.8 Å². The summed E-state index contributed by atoms with van der Waals surface area (Å²) in [5.41, 5.74) is 0. The largest absolute Gasteiger partial charge is 0.472 e. The molecule has 0 fully saturated rings. The topological polar surface area (TPSA) is 237 Å². The normalized spacial score (nSPS) is 14.2. The molecule has 0 saturated carbocycles. The van der Waals surface area contributed by atoms with Gasteiger partial charge in [-0.1, -0.05) is 356 Å². The average Bonchev–Trinajstić information content (AvgIpc) is 1.51. The van der Waals surface area contributed by atoms with Crippen LogP contribution >= 0.6 is 15.6 Å². The minimum absolute atomic E-state index is 0.108. The molecule has 0 aliphatic carbocycles. The maximum Gasteiger partial charge on any atom is 0.472 e. The third kappa shape index (κ3) is 70.9. The van der Waals surface area contributed by atoms with Crippen molar-refractivity contribution in [2.45, 2.75) is 426 Å². The van der Waals surface area contributed by atoms with E-state index in [0.717, 1.165) is 115 Å². The van der Waals surface area contributed by atoms with Crippen LogP contribution in [0, 0.1) is 11.8 Å². The number of aliphatic hydroxyl groups excluding tert-OH is 1. The van der Waals surface area contributed by atoms with Crippen molar-refractivity contribution in [3.05, 3.63) is 0 Å². The third-order valence-corrected chi connectivity index (χ3v) is 20.5. The van der Waals surface area contributed by atoms with Gasteiger partial charge in [0.2, 0.25) is 0 Å². The van der Waals surface area contributed by atoms with Crippen molar-refractivity contribution in [1.82, 2.24) is 0 Å². The Labute approximate surface area is 594 Å². The van der Waals surface area contributed by atoms with Gasteiger partial charge in [0.05, 0.1) is 26.4 Å². The van der Waals surface area contributed by atoms with E-state index in [0.29, 0.717) is 25.7 Å². The zero-order valence-corrected chi connectivity index (χ0v) is 65.2. The molecule has 576 valence electrons. The fraction of sp³-hybridized carbons (Fsp3) is 0.949. The molecule has 97 heavy (non-hydrogen) atoms. The number of esters is 4. The van der Waals surface area contributed by atoms with E-state index in [1.165, 1.54) is 212 Å². The second-order valence-corrected chi connectivity index (χ2v) is 31.7. The quantitative estimate of drug-likeness (QED) is 0.0222. The zero-order chi connectivity index (χ0) is 71.4. The first-order chi connectivity index (χ1) is 46.9. The fourth-order valence-corrected chi connectivity index (χ4v) is 13.6. The second kappa shape index (κ2) is 69.8. The standard InChI is InChI=1S/C78H152O17P2/c1-7-10-12-14-16-17-18-19-27-33-38-44-50-56-62-77(82)94-73(66-88-75(80)60-54-48-40-15-13-11-8-2)68-92-96(84,85)90-64-72(79)65-91-97(86,87)93-69-74(95-78(83)63-57-51-45-39-34-29-22-20-21-25-30-35-41-46-52-58-70(4)5)67-89-76(81)61-55-49-43-37-32-28-24-23-26-31-36-42-47-53-59-71(6)9-3/h70-74,79H,7-69H2,1-6H3,(H,84,85)(H,86,87)/t71?,72-,73+,74+/m0/s1. The van der Waals surface area contributed by atoms with Crippen molar-refractivity contribution < 1.29 is 80.2 Å². The molecule has 0 rings (SSSR count). The Hall–Kier alpha value is -1.94. The second-order valence-electron chi connectivity index (χ2n) is 28.8. The molecule has 19 heteroatoms. The highest BCUT2D eigenvalue weighted by Gasteiger charge is 2.30. The SMILES string of the molecule is CCCCCCCCCCCCCCCCC(=O)O[C@H](COC(=O)CCCCCCCCC)COP(=O)(O)OC[C@H](O)COP(=O)(O)OC[C@@H](COC(=O)CCCCCCCCCCCCCCCCC(C)CC)OC(=O)CCCCCCCCCCCCCCCCCC(C)C. The van der Waals surface area contributed by atoms with Crippen molar-refractivity contribution in [3.8, 4) is 0 Å². The lowest BCUT2D eigenvalue weighted by Crippen LogP contribution is -2.30. The monoisotopic (exact) mass is 1420 g/mol. The predicted molar refractivity (Wildman–Crippen MR) is 395 cm³/mol. The minimum Gasteiger partial charge on any atom is -0.462 e. The van der Waals surface area contributed by atoms with Crippen LogP contribution in [0.15, 0.2) is 0 Å². The lowest BCUT2D eigenvalue weighted by Gasteiger charge is -2.21. The van der Waals surface area contributed by atoms with Crippen LogP contribution in [0.1, 0.15) is 408 Å². The summed E-state index contributed by atoms with van der Waals surface area (Å²) in [6.07, 6.45) is 58.3. The van der Waals surface area contributed by atoms with E-state index in [-0.39, 0.29) is 25.7 Å². The van der Waals surface area contributed by atoms with E-state index in [2.05, 4.69) is 41.5 Å². The minimum atomic E-state index is -4.96. The third-order valence-electron chi connectivity index (χ3n) is 18.6. The molecule has 0 aromatic carbocycles. The van der Waals surface area contributed by atoms with E-state index in [1.807, 2.05) is 0 Å². The fourth-order valence-electron chi connectivity index (χ4n) is 12.0. The van der Waals surface area contributed by atoms with Gasteiger partial charge in [-0.2, -0.15) is 0 Å². The molecule has 0 amide bonds. The molecule has 0 saturated heterocycles. The Bertz CT molecular complexity index is 1870. The van der Waals surface area contributed by atoms with Crippen LogP contribution in [0.4, 0.5) is 0 Å². The molecular formula is C78H152O17P2. The summed E-state index contributed by atoms with van der Waals surface area (Å²) in [6.45, 7) is 9.66. The first kappa shape index (κ1) is 95.1. The molecule has 0 aromatic rings. The van der Waals surface area contributed by atoms with E-state index < -0.39 is 97.5 Å². The number of hydrogen-bond acceptors (Lipinski definition) is 15. The van der Waals surface area contributed by atoms with E-state index >= 15 is 0 Å². The van der Waals surface area contributed by atoms with Crippen LogP contribution in [0.3, 0.4) is 0 Å². The zero-order valence-electron chi connectivity index (χ0n) is 63.4. The molecular weight excluding hydrogens is 1270 g/mol. The van der Waals surface area contributed by atoms with Gasteiger partial charge < -0.3 is 33.8 Å². The lowest BCUT2D eigenvalue weighted by atomic mass is 9.99. The van der Waals surface area contributed by atoms with Gasteiger partial charge in [0, 0.05) is 25.7 Å². The Balaban J connectivity index is 5.19. The van der Waals surface area contributed by atoms with Gasteiger partial charge >= 0.3 is 39.5 Å². The number of carbonyl (C=O) groups excluding carboxylic acids is 4. The molecule has 3 unspecified atom stereocenters. The number of hydrogen-bond donors (Lipinski definition) is 3. The molecule has 0 heterocycles. The molecule has 0 aliphatic heterocycles. The highest BCUT2D eigenvalue weighted by atomic mass is 31.2. The maximum atomic E-state index is 13.1. The molecule has 0 aromatic heterocycles. The van der Waals surface area contributed by atoms with Gasteiger partial charge in [0.15, 0.2) is 12.2 Å². The summed E-state index contributed by atoms with van der Waals surface area (Å²) in [6, 6.07) is 0. The van der Waals surface area contributed by atoms with Gasteiger partial charge in [-0.15, -0.1) is 0 Å². The number of ether oxygens (including phenoxy) is 4. The average molecular weight is 1420 g/mol. The van der Waals surface area contributed by atoms with E-state index in [4.69, 9.17) is 37.0 Å². The highest BCUT2D eigenvalue weighted by molar-refractivity contribution is 7.47.